The molecule has 3 aromatic rings. The molecule has 2 N–H and O–H groups in total. The molecule has 0 unspecified atom stereocenters. The third kappa shape index (κ3) is 1.95. The molecule has 1 saturated carbocycles. The average Bonchev–Trinajstić information content (AvgIpc) is 2.92. The van der Waals surface area contributed by atoms with Crippen LogP contribution in [0.1, 0.15) is 24.3 Å². The molecule has 100 valence electrons. The number of aromatic nitrogens is 2. The van der Waals surface area contributed by atoms with Crippen molar-refractivity contribution in [3.63, 3.8) is 0 Å². The van der Waals surface area contributed by atoms with Gasteiger partial charge in [-0.15, -0.1) is 0 Å². The number of H-pyrrole nitrogens is 1. The fourth-order valence-electron chi connectivity index (χ4n) is 3.04. The highest BCUT2D eigenvalue weighted by atomic mass is 15.1. The Balaban J connectivity index is 1.46. The maximum atomic E-state index is 4.11. The Morgan fingerprint density at radius 1 is 1.00 bits per heavy atom. The van der Waals surface area contributed by atoms with Crippen molar-refractivity contribution in [1.29, 1.82) is 0 Å². The summed E-state index contributed by atoms with van der Waals surface area (Å²) in [6.07, 6.45) is 4.27. The zero-order valence-electron chi connectivity index (χ0n) is 11.2. The van der Waals surface area contributed by atoms with Gasteiger partial charge in [0.05, 0.1) is 17.4 Å². The lowest BCUT2D eigenvalue weighted by Crippen LogP contribution is -2.34. The van der Waals surface area contributed by atoms with Crippen molar-refractivity contribution in [3.05, 3.63) is 60.3 Å². The zero-order valence-corrected chi connectivity index (χ0v) is 11.2. The Morgan fingerprint density at radius 2 is 1.85 bits per heavy atom. The predicted molar refractivity (Wildman–Crippen MR) is 81.9 cm³/mol. The van der Waals surface area contributed by atoms with Gasteiger partial charge in [-0.2, -0.15) is 5.10 Å². The SMILES string of the molecule is c1ccc(C2CC(Nc3cccc4cn[nH]c34)C2)cc1. The van der Waals surface area contributed by atoms with Gasteiger partial charge in [-0.05, 0) is 30.4 Å². The van der Waals surface area contributed by atoms with Gasteiger partial charge in [0.1, 0.15) is 0 Å². The van der Waals surface area contributed by atoms with E-state index in [4.69, 9.17) is 0 Å². The van der Waals surface area contributed by atoms with Gasteiger partial charge in [-0.25, -0.2) is 0 Å². The van der Waals surface area contributed by atoms with Gasteiger partial charge < -0.3 is 5.32 Å². The Morgan fingerprint density at radius 3 is 2.70 bits per heavy atom. The van der Waals surface area contributed by atoms with E-state index in [0.29, 0.717) is 12.0 Å². The van der Waals surface area contributed by atoms with Gasteiger partial charge in [-0.3, -0.25) is 5.10 Å². The van der Waals surface area contributed by atoms with Crippen molar-refractivity contribution >= 4 is 16.6 Å². The number of fused-ring (bicyclic) bond motifs is 1. The molecular formula is C17H17N3. The van der Waals surface area contributed by atoms with E-state index in [9.17, 15) is 0 Å². The summed E-state index contributed by atoms with van der Waals surface area (Å²) < 4.78 is 0. The number of rotatable bonds is 3. The number of benzene rings is 2. The minimum Gasteiger partial charge on any atom is -0.381 e. The maximum Gasteiger partial charge on any atom is 0.0881 e. The number of para-hydroxylation sites is 1. The molecule has 0 saturated heterocycles. The van der Waals surface area contributed by atoms with Crippen LogP contribution in [-0.2, 0) is 0 Å². The van der Waals surface area contributed by atoms with Crippen LogP contribution in [-0.4, -0.2) is 16.2 Å². The molecule has 4 rings (SSSR count). The molecule has 0 bridgehead atoms. The van der Waals surface area contributed by atoms with Crippen LogP contribution >= 0.6 is 0 Å². The smallest absolute Gasteiger partial charge is 0.0881 e. The first-order chi connectivity index (χ1) is 9.90. The highest BCUT2D eigenvalue weighted by Gasteiger charge is 2.30. The van der Waals surface area contributed by atoms with Crippen LogP contribution in [0.3, 0.4) is 0 Å². The van der Waals surface area contributed by atoms with Crippen LogP contribution in [0.4, 0.5) is 5.69 Å². The van der Waals surface area contributed by atoms with Crippen molar-refractivity contribution in [1.82, 2.24) is 10.2 Å². The first-order valence-electron chi connectivity index (χ1n) is 7.14. The highest BCUT2D eigenvalue weighted by Crippen LogP contribution is 2.39. The van der Waals surface area contributed by atoms with E-state index in [2.05, 4.69) is 64.0 Å². The number of nitrogens with one attached hydrogen (secondary N) is 2. The van der Waals surface area contributed by atoms with E-state index in [1.807, 2.05) is 6.20 Å². The molecule has 0 aliphatic heterocycles. The summed E-state index contributed by atoms with van der Waals surface area (Å²) >= 11 is 0. The van der Waals surface area contributed by atoms with E-state index in [1.165, 1.54) is 18.4 Å². The van der Waals surface area contributed by atoms with Crippen molar-refractivity contribution in [2.75, 3.05) is 5.32 Å². The summed E-state index contributed by atoms with van der Waals surface area (Å²) in [4.78, 5) is 0. The summed E-state index contributed by atoms with van der Waals surface area (Å²) in [6.45, 7) is 0. The third-order valence-corrected chi connectivity index (χ3v) is 4.25. The number of hydrogen-bond acceptors (Lipinski definition) is 2. The second-order valence-corrected chi connectivity index (χ2v) is 5.56. The minimum atomic E-state index is 0.564. The van der Waals surface area contributed by atoms with E-state index in [-0.39, 0.29) is 0 Å². The quantitative estimate of drug-likeness (QED) is 0.752. The molecule has 0 spiro atoms. The van der Waals surface area contributed by atoms with Gasteiger partial charge in [0, 0.05) is 11.4 Å². The summed E-state index contributed by atoms with van der Waals surface area (Å²) in [7, 11) is 0. The molecule has 1 aliphatic carbocycles. The Labute approximate surface area is 118 Å². The third-order valence-electron chi connectivity index (χ3n) is 4.25. The first-order valence-corrected chi connectivity index (χ1v) is 7.14. The highest BCUT2D eigenvalue weighted by molar-refractivity contribution is 5.90. The number of anilines is 1. The van der Waals surface area contributed by atoms with Gasteiger partial charge in [0.25, 0.3) is 0 Å². The molecular weight excluding hydrogens is 246 g/mol. The van der Waals surface area contributed by atoms with Crippen molar-refractivity contribution in [3.8, 4) is 0 Å². The molecule has 0 radical (unpaired) electrons. The molecule has 0 atom stereocenters. The zero-order chi connectivity index (χ0) is 13.4. The van der Waals surface area contributed by atoms with Gasteiger partial charge >= 0.3 is 0 Å². The van der Waals surface area contributed by atoms with E-state index >= 15 is 0 Å². The van der Waals surface area contributed by atoms with Crippen LogP contribution in [0.15, 0.2) is 54.7 Å². The molecule has 20 heavy (non-hydrogen) atoms. The van der Waals surface area contributed by atoms with Gasteiger partial charge in [0.15, 0.2) is 0 Å². The lowest BCUT2D eigenvalue weighted by molar-refractivity contribution is 0.374. The number of aromatic amines is 1. The fraction of sp³-hybridized carbons (Fsp3) is 0.235. The Bertz CT molecular complexity index is 711. The molecule has 3 heteroatoms. The van der Waals surface area contributed by atoms with Gasteiger partial charge in [-0.1, -0.05) is 42.5 Å². The topological polar surface area (TPSA) is 40.7 Å². The van der Waals surface area contributed by atoms with Crippen LogP contribution in [0.25, 0.3) is 10.9 Å². The largest absolute Gasteiger partial charge is 0.381 e. The van der Waals surface area contributed by atoms with Crippen molar-refractivity contribution in [2.24, 2.45) is 0 Å². The van der Waals surface area contributed by atoms with Crippen LogP contribution < -0.4 is 5.32 Å². The molecule has 1 aliphatic rings. The van der Waals surface area contributed by atoms with Crippen LogP contribution in [0, 0.1) is 0 Å². The standard InChI is InChI=1S/C17H17N3/c1-2-5-12(6-3-1)14-9-15(10-14)19-16-8-4-7-13-11-18-20-17(13)16/h1-8,11,14-15,19H,9-10H2,(H,18,20). The summed E-state index contributed by atoms with van der Waals surface area (Å²) in [5, 5.41) is 12.0. The summed E-state index contributed by atoms with van der Waals surface area (Å²) in [5.74, 6) is 0.703. The summed E-state index contributed by atoms with van der Waals surface area (Å²) in [6, 6.07) is 17.6. The molecule has 1 heterocycles. The molecule has 2 aromatic carbocycles. The maximum absolute atomic E-state index is 4.11. The van der Waals surface area contributed by atoms with Crippen LogP contribution in [0.2, 0.25) is 0 Å². The normalized spacial score (nSPS) is 21.6. The van der Waals surface area contributed by atoms with E-state index in [1.54, 1.807) is 0 Å². The number of nitrogens with zero attached hydrogens (tertiary/aromatic N) is 1. The monoisotopic (exact) mass is 263 g/mol. The Hall–Kier alpha value is -2.29. The van der Waals surface area contributed by atoms with E-state index in [0.717, 1.165) is 16.6 Å². The fourth-order valence-corrected chi connectivity index (χ4v) is 3.04. The summed E-state index contributed by atoms with van der Waals surface area (Å²) in [5.41, 5.74) is 3.73. The average molecular weight is 263 g/mol. The van der Waals surface area contributed by atoms with Crippen LogP contribution in [0.5, 0.6) is 0 Å². The first kappa shape index (κ1) is 11.5. The van der Waals surface area contributed by atoms with Crippen molar-refractivity contribution in [2.45, 2.75) is 24.8 Å². The van der Waals surface area contributed by atoms with Crippen molar-refractivity contribution < 1.29 is 0 Å². The lowest BCUT2D eigenvalue weighted by atomic mass is 9.76. The second-order valence-electron chi connectivity index (χ2n) is 5.56. The molecule has 3 nitrogen and oxygen atoms in total. The lowest BCUT2D eigenvalue weighted by Gasteiger charge is -2.37. The van der Waals surface area contributed by atoms with E-state index < -0.39 is 0 Å². The van der Waals surface area contributed by atoms with Gasteiger partial charge in [0.2, 0.25) is 0 Å². The second kappa shape index (κ2) is 4.67. The minimum absolute atomic E-state index is 0.564. The molecule has 0 amide bonds. The molecule has 1 fully saturated rings. The number of hydrogen-bond donors (Lipinski definition) is 2. The molecule has 1 aromatic heterocycles. The Kier molecular flexibility index (Phi) is 2.69. The predicted octanol–water partition coefficient (Wildman–Crippen LogP) is 3.92.